The van der Waals surface area contributed by atoms with Crippen LogP contribution in [0.25, 0.3) is 0 Å². The molecule has 0 atom stereocenters. The van der Waals surface area contributed by atoms with E-state index in [0.29, 0.717) is 22.2 Å². The molecule has 0 aliphatic rings. The number of benzene rings is 1. The largest absolute Gasteiger partial charge is 0.383 e. The first kappa shape index (κ1) is 14.7. The average Bonchev–Trinajstić information content (AvgIpc) is 2.85. The minimum atomic E-state index is -0.457. The van der Waals surface area contributed by atoms with Crippen molar-refractivity contribution in [3.05, 3.63) is 34.5 Å². The van der Waals surface area contributed by atoms with E-state index in [1.165, 1.54) is 29.7 Å². The van der Waals surface area contributed by atoms with Gasteiger partial charge < -0.3 is 10.6 Å². The zero-order valence-electron chi connectivity index (χ0n) is 11.5. The van der Waals surface area contributed by atoms with Crippen LogP contribution in [0.1, 0.15) is 11.1 Å². The first-order valence-corrected chi connectivity index (χ1v) is 6.81. The van der Waals surface area contributed by atoms with Gasteiger partial charge in [0.15, 0.2) is 0 Å². The fourth-order valence-electron chi connectivity index (χ4n) is 1.77. The molecule has 6 nitrogen and oxygen atoms in total. The van der Waals surface area contributed by atoms with E-state index < -0.39 is 5.82 Å². The van der Waals surface area contributed by atoms with Gasteiger partial charge in [-0.05, 0) is 12.1 Å². The maximum Gasteiger partial charge on any atom is 0.205 e. The number of rotatable bonds is 4. The lowest BCUT2D eigenvalue weighted by atomic mass is 10.1. The van der Waals surface area contributed by atoms with E-state index >= 15 is 0 Å². The molecule has 0 spiro atoms. The van der Waals surface area contributed by atoms with E-state index in [2.05, 4.69) is 15.5 Å². The molecule has 2 rings (SSSR count). The maximum atomic E-state index is 14.0. The summed E-state index contributed by atoms with van der Waals surface area (Å²) in [7, 11) is 3.48. The Bertz CT molecular complexity index is 716. The molecule has 21 heavy (non-hydrogen) atoms. The summed E-state index contributed by atoms with van der Waals surface area (Å²) >= 11 is 1.29. The van der Waals surface area contributed by atoms with Crippen LogP contribution in [0.4, 0.5) is 21.0 Å². The van der Waals surface area contributed by atoms with Gasteiger partial charge in [-0.1, -0.05) is 0 Å². The summed E-state index contributed by atoms with van der Waals surface area (Å²) in [6.45, 7) is 0. The lowest BCUT2D eigenvalue weighted by Gasteiger charge is -2.17. The lowest BCUT2D eigenvalue weighted by Crippen LogP contribution is -2.14. The number of nitrogens with zero attached hydrogens (tertiary/aromatic N) is 4. The quantitative estimate of drug-likeness (QED) is 0.668. The normalized spacial score (nSPS) is 10.6. The number of anilines is 3. The number of nitrogen functional groups attached to an aromatic ring is 1. The standard InChI is InChI=1S/C13H13FN6S/c1-20(2)12-8(5-15)3-4-10(14)9(12)6-17-19-13-18-11(16)7-21-13/h3-4,6-7H,16H2,1-2H3,(H,18,19). The number of nitriles is 1. The Labute approximate surface area is 125 Å². The Morgan fingerprint density at radius 1 is 1.52 bits per heavy atom. The number of thiazole rings is 1. The highest BCUT2D eigenvalue weighted by Gasteiger charge is 2.13. The van der Waals surface area contributed by atoms with Crippen LogP contribution in [0.3, 0.4) is 0 Å². The Kier molecular flexibility index (Phi) is 4.35. The van der Waals surface area contributed by atoms with Crippen molar-refractivity contribution in [1.82, 2.24) is 4.98 Å². The van der Waals surface area contributed by atoms with Crippen molar-refractivity contribution in [2.24, 2.45) is 5.10 Å². The third-order valence-corrected chi connectivity index (χ3v) is 3.37. The van der Waals surface area contributed by atoms with E-state index in [0.717, 1.165) is 0 Å². The number of hydrogen-bond acceptors (Lipinski definition) is 7. The second-order valence-corrected chi connectivity index (χ2v) is 5.17. The summed E-state index contributed by atoms with van der Waals surface area (Å²) in [4.78, 5) is 5.64. The van der Waals surface area contributed by atoms with E-state index in [4.69, 9.17) is 11.0 Å². The van der Waals surface area contributed by atoms with E-state index in [1.54, 1.807) is 24.4 Å². The number of hydrogen-bond donors (Lipinski definition) is 2. The highest BCUT2D eigenvalue weighted by Crippen LogP contribution is 2.25. The Morgan fingerprint density at radius 3 is 2.86 bits per heavy atom. The van der Waals surface area contributed by atoms with Crippen molar-refractivity contribution < 1.29 is 4.39 Å². The molecular weight excluding hydrogens is 291 g/mol. The third-order valence-electron chi connectivity index (χ3n) is 2.61. The molecule has 0 amide bonds. The minimum absolute atomic E-state index is 0.232. The summed E-state index contributed by atoms with van der Waals surface area (Å²) in [5.74, 6) is -0.0637. The molecule has 3 N–H and O–H groups in total. The molecule has 1 aromatic heterocycles. The zero-order valence-corrected chi connectivity index (χ0v) is 12.3. The molecule has 0 saturated carbocycles. The highest BCUT2D eigenvalue weighted by molar-refractivity contribution is 7.14. The van der Waals surface area contributed by atoms with Gasteiger partial charge >= 0.3 is 0 Å². The van der Waals surface area contributed by atoms with Gasteiger partial charge in [0.05, 0.1) is 23.0 Å². The van der Waals surface area contributed by atoms with Crippen LogP contribution in [0.5, 0.6) is 0 Å². The molecular formula is C13H13FN6S. The molecule has 0 radical (unpaired) electrons. The van der Waals surface area contributed by atoms with Gasteiger partial charge in [-0.15, -0.1) is 11.3 Å². The molecule has 0 saturated heterocycles. The van der Waals surface area contributed by atoms with Crippen molar-refractivity contribution in [1.29, 1.82) is 5.26 Å². The third kappa shape index (κ3) is 3.27. The molecule has 0 aliphatic heterocycles. The fourth-order valence-corrected chi connectivity index (χ4v) is 2.32. The second-order valence-electron chi connectivity index (χ2n) is 4.31. The SMILES string of the molecule is CN(C)c1c(C#N)ccc(F)c1C=NNc1nc(N)cs1. The number of nitrogens with two attached hydrogens (primary N) is 1. The smallest absolute Gasteiger partial charge is 0.205 e. The van der Waals surface area contributed by atoms with E-state index in [1.807, 2.05) is 6.07 Å². The molecule has 1 aromatic carbocycles. The van der Waals surface area contributed by atoms with Crippen molar-refractivity contribution in [3.63, 3.8) is 0 Å². The summed E-state index contributed by atoms with van der Waals surface area (Å²) in [6, 6.07) is 4.72. The summed E-state index contributed by atoms with van der Waals surface area (Å²) in [5, 5.41) is 15.2. The van der Waals surface area contributed by atoms with Crippen molar-refractivity contribution in [2.75, 3.05) is 30.2 Å². The van der Waals surface area contributed by atoms with E-state index in [-0.39, 0.29) is 5.56 Å². The monoisotopic (exact) mass is 304 g/mol. The van der Waals surface area contributed by atoms with Gasteiger partial charge in [0, 0.05) is 19.5 Å². The van der Waals surface area contributed by atoms with Crippen LogP contribution in [0.15, 0.2) is 22.6 Å². The topological polar surface area (TPSA) is 90.3 Å². The van der Waals surface area contributed by atoms with Crippen LogP contribution in [0, 0.1) is 17.1 Å². The number of nitrogens with one attached hydrogen (secondary N) is 1. The summed E-state index contributed by atoms with van der Waals surface area (Å²) in [6.07, 6.45) is 1.32. The molecule has 8 heteroatoms. The first-order valence-electron chi connectivity index (χ1n) is 5.93. The van der Waals surface area contributed by atoms with Gasteiger partial charge in [0.2, 0.25) is 5.13 Å². The van der Waals surface area contributed by atoms with Crippen LogP contribution in [0.2, 0.25) is 0 Å². The molecule has 1 heterocycles. The van der Waals surface area contributed by atoms with Gasteiger partial charge in [-0.2, -0.15) is 10.4 Å². The van der Waals surface area contributed by atoms with Crippen LogP contribution < -0.4 is 16.1 Å². The Morgan fingerprint density at radius 2 is 2.29 bits per heavy atom. The van der Waals surface area contributed by atoms with Crippen molar-refractivity contribution >= 4 is 34.2 Å². The van der Waals surface area contributed by atoms with Crippen molar-refractivity contribution in [2.45, 2.75) is 0 Å². The van der Waals surface area contributed by atoms with Gasteiger partial charge in [0.25, 0.3) is 0 Å². The Hall–Kier alpha value is -2.66. The second kappa shape index (κ2) is 6.19. The van der Waals surface area contributed by atoms with Crippen molar-refractivity contribution in [3.8, 4) is 6.07 Å². The average molecular weight is 304 g/mol. The molecule has 108 valence electrons. The van der Waals surface area contributed by atoms with Gasteiger partial charge in [-0.25, -0.2) is 9.37 Å². The molecule has 0 bridgehead atoms. The molecule has 2 aromatic rings. The predicted octanol–water partition coefficient (Wildman–Crippen LogP) is 2.25. The molecule has 0 fully saturated rings. The van der Waals surface area contributed by atoms with Gasteiger partial charge in [-0.3, -0.25) is 5.43 Å². The molecule has 0 aliphatic carbocycles. The number of aromatic nitrogens is 1. The lowest BCUT2D eigenvalue weighted by molar-refractivity contribution is 0.625. The van der Waals surface area contributed by atoms with Crippen LogP contribution >= 0.6 is 11.3 Å². The summed E-state index contributed by atoms with van der Waals surface area (Å²) < 4.78 is 14.0. The minimum Gasteiger partial charge on any atom is -0.383 e. The highest BCUT2D eigenvalue weighted by atomic mass is 32.1. The molecule has 0 unspecified atom stereocenters. The fraction of sp³-hybridized carbons (Fsp3) is 0.154. The predicted molar refractivity (Wildman–Crippen MR) is 83.2 cm³/mol. The number of hydrazone groups is 1. The maximum absolute atomic E-state index is 14.0. The first-order chi connectivity index (χ1) is 10.0. The Balaban J connectivity index is 2.32. The zero-order chi connectivity index (χ0) is 15.4. The van der Waals surface area contributed by atoms with Crippen LogP contribution in [-0.4, -0.2) is 25.3 Å². The van der Waals surface area contributed by atoms with Crippen LogP contribution in [-0.2, 0) is 0 Å². The van der Waals surface area contributed by atoms with Gasteiger partial charge in [0.1, 0.15) is 17.7 Å². The number of halogens is 1. The van der Waals surface area contributed by atoms with E-state index in [9.17, 15) is 4.39 Å². The summed E-state index contributed by atoms with van der Waals surface area (Å²) in [5.41, 5.74) is 9.25.